The minimum Gasteiger partial charge on any atom is -0.473 e. The van der Waals surface area contributed by atoms with Crippen LogP contribution in [-0.2, 0) is 16.6 Å². The van der Waals surface area contributed by atoms with Crippen molar-refractivity contribution < 1.29 is 14.1 Å². The van der Waals surface area contributed by atoms with Gasteiger partial charge in [-0.3, -0.25) is 9.69 Å². The number of Topliss-reactive ketones (excluding diaryl/α,β-unsaturated/α-hetero) is 1. The Morgan fingerprint density at radius 1 is 1.14 bits per heavy atom. The zero-order valence-electron chi connectivity index (χ0n) is 22.5. The minimum atomic E-state index is -0.509. The van der Waals surface area contributed by atoms with Crippen LogP contribution in [-0.4, -0.2) is 77.7 Å². The van der Waals surface area contributed by atoms with Gasteiger partial charge < -0.3 is 19.5 Å². The Balaban J connectivity index is 1.37. The highest BCUT2D eigenvalue weighted by Gasteiger charge is 2.48. The van der Waals surface area contributed by atoms with Gasteiger partial charge in [-0.15, -0.1) is 0 Å². The number of carbonyl (C=O) groups excluding carboxylic acids is 1. The lowest BCUT2D eigenvalue weighted by atomic mass is 9.64. The van der Waals surface area contributed by atoms with E-state index in [1.807, 2.05) is 13.1 Å². The fraction of sp³-hybridized carbons (Fsp3) is 0.714. The van der Waals surface area contributed by atoms with Crippen molar-refractivity contribution in [2.45, 2.75) is 94.7 Å². The van der Waals surface area contributed by atoms with Crippen LogP contribution in [0.25, 0.3) is 11.5 Å². The molecule has 3 fully saturated rings. The molecule has 2 aliphatic carbocycles. The quantitative estimate of drug-likeness (QED) is 0.629. The number of hydrogen-bond donors (Lipinski definition) is 1. The summed E-state index contributed by atoms with van der Waals surface area (Å²) in [7, 11) is 4.18. The van der Waals surface area contributed by atoms with Gasteiger partial charge in [0.05, 0.1) is 5.41 Å². The molecule has 1 saturated carbocycles. The van der Waals surface area contributed by atoms with Crippen LogP contribution in [0, 0.1) is 0 Å². The molecular formula is C28H40N6O3. The molecule has 0 aromatic carbocycles. The van der Waals surface area contributed by atoms with E-state index in [0.717, 1.165) is 88.1 Å². The molecule has 4 aliphatic rings. The van der Waals surface area contributed by atoms with E-state index < -0.39 is 5.41 Å². The highest BCUT2D eigenvalue weighted by Crippen LogP contribution is 2.47. The first kappa shape index (κ1) is 24.8. The maximum absolute atomic E-state index is 13.1. The van der Waals surface area contributed by atoms with Crippen molar-refractivity contribution in [2.75, 3.05) is 38.6 Å². The fourth-order valence-electron chi connectivity index (χ4n) is 7.11. The summed E-state index contributed by atoms with van der Waals surface area (Å²) >= 11 is 0. The first-order valence-corrected chi connectivity index (χ1v) is 14.2. The predicted octanol–water partition coefficient (Wildman–Crippen LogP) is 3.51. The third-order valence-corrected chi connectivity index (χ3v) is 9.29. The SMILES string of the molecule is CN[C@H]1CCN(c2cc(O[C@@H](C)[C@@H]3CCCN3C)nc(-c3noc4c3CCC[C@@]43CCCCC3=O)n2)C1. The molecule has 37 heavy (non-hydrogen) atoms. The largest absolute Gasteiger partial charge is 0.473 e. The van der Waals surface area contributed by atoms with E-state index in [1.54, 1.807) is 0 Å². The topological polar surface area (TPSA) is 96.6 Å². The van der Waals surface area contributed by atoms with Gasteiger partial charge in [0.2, 0.25) is 5.88 Å². The molecule has 2 aromatic rings. The van der Waals surface area contributed by atoms with Gasteiger partial charge in [0.1, 0.15) is 17.7 Å². The van der Waals surface area contributed by atoms with E-state index in [-0.39, 0.29) is 6.10 Å². The lowest BCUT2D eigenvalue weighted by molar-refractivity contribution is -0.128. The van der Waals surface area contributed by atoms with E-state index in [9.17, 15) is 4.79 Å². The molecular weight excluding hydrogens is 468 g/mol. The summed E-state index contributed by atoms with van der Waals surface area (Å²) in [6, 6.07) is 2.79. The maximum Gasteiger partial charge on any atom is 0.219 e. The summed E-state index contributed by atoms with van der Waals surface area (Å²) in [6.07, 6.45) is 9.57. The standard InChI is InChI=1S/C28H40N6O3/c1-18(21-9-7-14-33(21)3)36-24-16-23(34-15-11-19(17-34)29-2)30-27(31-24)25-20-8-6-13-28(26(20)37-32-25)12-5-4-10-22(28)35/h16,18-19,21,29H,4-15,17H2,1-3H3/t18-,19-,21-,28+/m0/s1. The van der Waals surface area contributed by atoms with Gasteiger partial charge in [0, 0.05) is 43.2 Å². The normalized spacial score (nSPS) is 29.2. The van der Waals surface area contributed by atoms with Gasteiger partial charge in [-0.05, 0) is 78.9 Å². The Kier molecular flexibility index (Phi) is 6.69. The van der Waals surface area contributed by atoms with Crippen molar-refractivity contribution in [2.24, 2.45) is 0 Å². The number of ketones is 1. The minimum absolute atomic E-state index is 0.0149. The highest BCUT2D eigenvalue weighted by atomic mass is 16.5. The number of nitrogens with one attached hydrogen (secondary N) is 1. The van der Waals surface area contributed by atoms with Crippen LogP contribution >= 0.6 is 0 Å². The molecule has 0 bridgehead atoms. The Labute approximate surface area is 219 Å². The van der Waals surface area contributed by atoms with E-state index in [2.05, 4.69) is 34.2 Å². The van der Waals surface area contributed by atoms with Gasteiger partial charge in [-0.1, -0.05) is 11.6 Å². The molecule has 6 rings (SSSR count). The first-order chi connectivity index (χ1) is 18.0. The molecule has 4 atom stereocenters. The van der Waals surface area contributed by atoms with Crippen LogP contribution in [0.3, 0.4) is 0 Å². The Morgan fingerprint density at radius 2 is 2.00 bits per heavy atom. The average molecular weight is 509 g/mol. The van der Waals surface area contributed by atoms with Gasteiger partial charge in [-0.25, -0.2) is 4.98 Å². The van der Waals surface area contributed by atoms with Crippen LogP contribution in [0.15, 0.2) is 10.6 Å². The molecule has 1 spiro atoms. The second-order valence-electron chi connectivity index (χ2n) is 11.5. The number of anilines is 1. The zero-order valence-corrected chi connectivity index (χ0v) is 22.5. The van der Waals surface area contributed by atoms with Crippen molar-refractivity contribution in [1.29, 1.82) is 0 Å². The van der Waals surface area contributed by atoms with Crippen LogP contribution < -0.4 is 15.0 Å². The number of likely N-dealkylation sites (N-methyl/N-ethyl adjacent to an activating group) is 2. The second-order valence-corrected chi connectivity index (χ2v) is 11.5. The number of rotatable bonds is 6. The molecule has 0 radical (unpaired) electrons. The number of ether oxygens (including phenoxy) is 1. The molecule has 2 saturated heterocycles. The van der Waals surface area contributed by atoms with Crippen LogP contribution in [0.2, 0.25) is 0 Å². The van der Waals surface area contributed by atoms with E-state index in [4.69, 9.17) is 19.2 Å². The number of nitrogens with zero attached hydrogens (tertiary/aromatic N) is 5. The van der Waals surface area contributed by atoms with Gasteiger partial charge in [0.15, 0.2) is 17.3 Å². The van der Waals surface area contributed by atoms with Crippen LogP contribution in [0.1, 0.15) is 76.0 Å². The maximum atomic E-state index is 13.1. The summed E-state index contributed by atoms with van der Waals surface area (Å²) in [5.41, 5.74) is 1.18. The van der Waals surface area contributed by atoms with Crippen molar-refractivity contribution >= 4 is 11.6 Å². The first-order valence-electron chi connectivity index (χ1n) is 14.2. The molecule has 9 heteroatoms. The van der Waals surface area contributed by atoms with Crippen molar-refractivity contribution in [1.82, 2.24) is 25.3 Å². The molecule has 200 valence electrons. The number of aromatic nitrogens is 3. The van der Waals surface area contributed by atoms with Crippen LogP contribution in [0.4, 0.5) is 5.82 Å². The molecule has 4 heterocycles. The van der Waals surface area contributed by atoms with E-state index in [0.29, 0.717) is 41.7 Å². The molecule has 2 aliphatic heterocycles. The van der Waals surface area contributed by atoms with Crippen LogP contribution in [0.5, 0.6) is 5.88 Å². The highest BCUT2D eigenvalue weighted by molar-refractivity contribution is 5.91. The Bertz CT molecular complexity index is 1150. The van der Waals surface area contributed by atoms with Gasteiger partial charge >= 0.3 is 0 Å². The second kappa shape index (κ2) is 9.98. The number of hydrogen-bond acceptors (Lipinski definition) is 9. The predicted molar refractivity (Wildman–Crippen MR) is 141 cm³/mol. The zero-order chi connectivity index (χ0) is 25.6. The molecule has 0 amide bonds. The third kappa shape index (κ3) is 4.44. The smallest absolute Gasteiger partial charge is 0.219 e. The third-order valence-electron chi connectivity index (χ3n) is 9.29. The van der Waals surface area contributed by atoms with Gasteiger partial charge in [-0.2, -0.15) is 4.98 Å². The molecule has 0 unspecified atom stereocenters. The molecule has 9 nitrogen and oxygen atoms in total. The molecule has 2 aromatic heterocycles. The molecule has 1 N–H and O–H groups in total. The fourth-order valence-corrected chi connectivity index (χ4v) is 7.11. The monoisotopic (exact) mass is 508 g/mol. The average Bonchev–Trinajstić information content (AvgIpc) is 3.65. The lowest BCUT2D eigenvalue weighted by Crippen LogP contribution is -2.41. The number of fused-ring (bicyclic) bond motifs is 2. The van der Waals surface area contributed by atoms with Crippen molar-refractivity contribution in [3.8, 4) is 17.4 Å². The summed E-state index contributed by atoms with van der Waals surface area (Å²) in [4.78, 5) is 27.7. The van der Waals surface area contributed by atoms with Crippen molar-refractivity contribution in [3.05, 3.63) is 17.4 Å². The lowest BCUT2D eigenvalue weighted by Gasteiger charge is -2.36. The van der Waals surface area contributed by atoms with E-state index in [1.165, 1.54) is 6.42 Å². The summed E-state index contributed by atoms with van der Waals surface area (Å²) < 4.78 is 12.5. The number of carbonyl (C=O) groups is 1. The summed E-state index contributed by atoms with van der Waals surface area (Å²) in [6.45, 7) is 5.05. The number of likely N-dealkylation sites (tertiary alicyclic amines) is 1. The van der Waals surface area contributed by atoms with Crippen molar-refractivity contribution in [3.63, 3.8) is 0 Å². The Morgan fingerprint density at radius 3 is 2.76 bits per heavy atom. The summed E-state index contributed by atoms with van der Waals surface area (Å²) in [5.74, 6) is 3.06. The van der Waals surface area contributed by atoms with E-state index >= 15 is 0 Å². The van der Waals surface area contributed by atoms with Gasteiger partial charge in [0.25, 0.3) is 0 Å². The summed E-state index contributed by atoms with van der Waals surface area (Å²) in [5, 5.41) is 7.91. The Hall–Kier alpha value is -2.52.